The minimum atomic E-state index is 0.162. The van der Waals surface area contributed by atoms with Gasteiger partial charge in [0.2, 0.25) is 0 Å². The molecule has 2 atom stereocenters. The lowest BCUT2D eigenvalue weighted by Gasteiger charge is -2.33. The van der Waals surface area contributed by atoms with Gasteiger partial charge in [-0.1, -0.05) is 6.07 Å². The third-order valence-electron chi connectivity index (χ3n) is 5.30. The summed E-state index contributed by atoms with van der Waals surface area (Å²) in [6, 6.07) is 6.71. The number of hydrogen-bond donors (Lipinski definition) is 1. The van der Waals surface area contributed by atoms with Gasteiger partial charge in [0, 0.05) is 24.0 Å². The molecule has 116 valence electrons. The van der Waals surface area contributed by atoms with Crippen LogP contribution in [0.1, 0.15) is 36.0 Å². The number of fused-ring (bicyclic) bond motifs is 1. The molecule has 2 saturated heterocycles. The van der Waals surface area contributed by atoms with Crippen LogP contribution in [0.5, 0.6) is 0 Å². The fraction of sp³-hybridized carbons (Fsp3) is 0.529. The third kappa shape index (κ3) is 2.11. The van der Waals surface area contributed by atoms with E-state index in [1.165, 1.54) is 12.8 Å². The summed E-state index contributed by atoms with van der Waals surface area (Å²) in [6.07, 6.45) is 6.46. The van der Waals surface area contributed by atoms with Crippen molar-refractivity contribution in [1.29, 1.82) is 0 Å². The van der Waals surface area contributed by atoms with Crippen LogP contribution in [0.3, 0.4) is 0 Å². The second-order valence-corrected chi connectivity index (χ2v) is 6.54. The number of hydrogen-bond acceptors (Lipinski definition) is 3. The quantitative estimate of drug-likeness (QED) is 0.925. The van der Waals surface area contributed by atoms with E-state index in [2.05, 4.69) is 27.0 Å². The van der Waals surface area contributed by atoms with Gasteiger partial charge in [-0.05, 0) is 51.4 Å². The monoisotopic (exact) mass is 298 g/mol. The maximum Gasteiger partial charge on any atom is 0.254 e. The largest absolute Gasteiger partial charge is 0.334 e. The Labute approximate surface area is 130 Å². The predicted octanol–water partition coefficient (Wildman–Crippen LogP) is 2.26. The maximum absolute atomic E-state index is 13.1. The van der Waals surface area contributed by atoms with Crippen LogP contribution >= 0.6 is 0 Å². The van der Waals surface area contributed by atoms with Gasteiger partial charge in [0.15, 0.2) is 0 Å². The highest BCUT2D eigenvalue weighted by Gasteiger charge is 2.38. The molecule has 1 N–H and O–H groups in total. The number of benzene rings is 1. The number of aromatic amines is 1. The Bertz CT molecular complexity index is 695. The molecule has 2 aromatic rings. The lowest BCUT2D eigenvalue weighted by Crippen LogP contribution is -2.47. The highest BCUT2D eigenvalue weighted by molar-refractivity contribution is 6.06. The van der Waals surface area contributed by atoms with Crippen LogP contribution in [0.25, 0.3) is 10.9 Å². The molecule has 2 fully saturated rings. The van der Waals surface area contributed by atoms with Crippen LogP contribution in [0.15, 0.2) is 24.4 Å². The van der Waals surface area contributed by atoms with E-state index in [-0.39, 0.29) is 5.91 Å². The zero-order valence-electron chi connectivity index (χ0n) is 13.0. The average molecular weight is 298 g/mol. The SMILES string of the molecule is CN1CCC[C@@H]1[C@H]1CCCN1C(=O)c1cccc2[nH]ncc12. The topological polar surface area (TPSA) is 52.2 Å². The van der Waals surface area contributed by atoms with Gasteiger partial charge in [-0.25, -0.2) is 0 Å². The van der Waals surface area contributed by atoms with Crippen LogP contribution in [-0.4, -0.2) is 58.1 Å². The Hall–Kier alpha value is -1.88. The molecular formula is C17H22N4O. The first kappa shape index (κ1) is 13.8. The maximum atomic E-state index is 13.1. The van der Waals surface area contributed by atoms with Gasteiger partial charge < -0.3 is 9.80 Å². The highest BCUT2D eigenvalue weighted by atomic mass is 16.2. The Kier molecular flexibility index (Phi) is 3.37. The predicted molar refractivity (Wildman–Crippen MR) is 85.8 cm³/mol. The zero-order chi connectivity index (χ0) is 15.1. The number of aromatic nitrogens is 2. The Balaban J connectivity index is 1.65. The van der Waals surface area contributed by atoms with Crippen molar-refractivity contribution in [3.8, 4) is 0 Å². The molecule has 5 heteroatoms. The van der Waals surface area contributed by atoms with Crippen LogP contribution in [-0.2, 0) is 0 Å². The molecule has 1 amide bonds. The van der Waals surface area contributed by atoms with E-state index in [0.29, 0.717) is 12.1 Å². The first-order chi connectivity index (χ1) is 10.8. The van der Waals surface area contributed by atoms with Crippen molar-refractivity contribution in [1.82, 2.24) is 20.0 Å². The van der Waals surface area contributed by atoms with Crippen molar-refractivity contribution < 1.29 is 4.79 Å². The number of amides is 1. The molecule has 2 aliphatic rings. The second-order valence-electron chi connectivity index (χ2n) is 6.54. The van der Waals surface area contributed by atoms with Gasteiger partial charge in [-0.2, -0.15) is 5.10 Å². The average Bonchev–Trinajstić information content (AvgIpc) is 3.25. The Morgan fingerprint density at radius 3 is 2.86 bits per heavy atom. The molecular weight excluding hydrogens is 276 g/mol. The lowest BCUT2D eigenvalue weighted by atomic mass is 10.0. The lowest BCUT2D eigenvalue weighted by molar-refractivity contribution is 0.0666. The Morgan fingerprint density at radius 2 is 2.05 bits per heavy atom. The second kappa shape index (κ2) is 5.39. The van der Waals surface area contributed by atoms with Gasteiger partial charge in [-0.3, -0.25) is 9.89 Å². The van der Waals surface area contributed by atoms with Crippen LogP contribution in [0.4, 0.5) is 0 Å². The van der Waals surface area contributed by atoms with Crippen molar-refractivity contribution in [2.75, 3.05) is 20.1 Å². The van der Waals surface area contributed by atoms with Gasteiger partial charge >= 0.3 is 0 Å². The molecule has 0 radical (unpaired) electrons. The van der Waals surface area contributed by atoms with Crippen molar-refractivity contribution in [2.45, 2.75) is 37.8 Å². The van der Waals surface area contributed by atoms with Gasteiger partial charge in [0.05, 0.1) is 17.3 Å². The summed E-state index contributed by atoms with van der Waals surface area (Å²) in [7, 11) is 2.19. The normalized spacial score (nSPS) is 26.1. The van der Waals surface area contributed by atoms with Gasteiger partial charge in [0.25, 0.3) is 5.91 Å². The van der Waals surface area contributed by atoms with Crippen LogP contribution < -0.4 is 0 Å². The minimum Gasteiger partial charge on any atom is -0.334 e. The van der Waals surface area contributed by atoms with E-state index in [9.17, 15) is 4.79 Å². The van der Waals surface area contributed by atoms with E-state index in [1.54, 1.807) is 6.20 Å². The van der Waals surface area contributed by atoms with Crippen LogP contribution in [0, 0.1) is 0 Å². The molecule has 1 aromatic heterocycles. The van der Waals surface area contributed by atoms with E-state index in [1.807, 2.05) is 18.2 Å². The Morgan fingerprint density at radius 1 is 1.23 bits per heavy atom. The van der Waals surface area contributed by atoms with E-state index in [0.717, 1.165) is 42.4 Å². The number of nitrogens with one attached hydrogen (secondary N) is 1. The molecule has 1 aromatic carbocycles. The molecule has 0 aliphatic carbocycles. The first-order valence-electron chi connectivity index (χ1n) is 8.19. The van der Waals surface area contributed by atoms with Gasteiger partial charge in [0.1, 0.15) is 0 Å². The van der Waals surface area contributed by atoms with E-state index in [4.69, 9.17) is 0 Å². The van der Waals surface area contributed by atoms with E-state index >= 15 is 0 Å². The molecule has 5 nitrogen and oxygen atoms in total. The smallest absolute Gasteiger partial charge is 0.254 e. The molecule has 0 bridgehead atoms. The number of likely N-dealkylation sites (N-methyl/N-ethyl adjacent to an activating group) is 1. The molecule has 0 spiro atoms. The summed E-state index contributed by atoms with van der Waals surface area (Å²) < 4.78 is 0. The third-order valence-corrected chi connectivity index (χ3v) is 5.30. The number of carbonyl (C=O) groups excluding carboxylic acids is 1. The van der Waals surface area contributed by atoms with Crippen molar-refractivity contribution in [3.63, 3.8) is 0 Å². The number of carbonyl (C=O) groups is 1. The highest BCUT2D eigenvalue weighted by Crippen LogP contribution is 2.31. The fourth-order valence-electron chi connectivity index (χ4n) is 4.18. The summed E-state index contributed by atoms with van der Waals surface area (Å²) in [5, 5.41) is 7.95. The van der Waals surface area contributed by atoms with Crippen LogP contribution in [0.2, 0.25) is 0 Å². The van der Waals surface area contributed by atoms with Gasteiger partial charge in [-0.15, -0.1) is 0 Å². The van der Waals surface area contributed by atoms with E-state index < -0.39 is 0 Å². The molecule has 4 rings (SSSR count). The fourth-order valence-corrected chi connectivity index (χ4v) is 4.18. The molecule has 22 heavy (non-hydrogen) atoms. The summed E-state index contributed by atoms with van der Waals surface area (Å²) in [6.45, 7) is 2.03. The van der Waals surface area contributed by atoms with Crippen molar-refractivity contribution >= 4 is 16.8 Å². The number of H-pyrrole nitrogens is 1. The number of likely N-dealkylation sites (tertiary alicyclic amines) is 2. The summed E-state index contributed by atoms with van der Waals surface area (Å²) >= 11 is 0. The summed E-state index contributed by atoms with van der Waals surface area (Å²) in [4.78, 5) is 17.6. The molecule has 3 heterocycles. The standard InChI is InChI=1S/C17H22N4O/c1-20-9-3-7-15(20)16-8-4-10-21(16)17(22)12-5-2-6-14-13(12)11-18-19-14/h2,5-6,11,15-16H,3-4,7-10H2,1H3,(H,18,19)/t15-,16-/m1/s1. The minimum absolute atomic E-state index is 0.162. The summed E-state index contributed by atoms with van der Waals surface area (Å²) in [5.41, 5.74) is 1.71. The van der Waals surface area contributed by atoms with Crippen molar-refractivity contribution in [2.24, 2.45) is 0 Å². The zero-order valence-corrected chi connectivity index (χ0v) is 13.0. The number of nitrogens with zero attached hydrogens (tertiary/aromatic N) is 3. The molecule has 0 saturated carbocycles. The molecule has 2 aliphatic heterocycles. The first-order valence-corrected chi connectivity index (χ1v) is 8.19. The number of rotatable bonds is 2. The molecule has 0 unspecified atom stereocenters. The summed E-state index contributed by atoms with van der Waals surface area (Å²) in [5.74, 6) is 0.162. The van der Waals surface area contributed by atoms with Crippen molar-refractivity contribution in [3.05, 3.63) is 30.0 Å².